The molecule has 1 aliphatic carbocycles. The predicted molar refractivity (Wildman–Crippen MR) is 95.0 cm³/mol. The van der Waals surface area contributed by atoms with Gasteiger partial charge in [-0.25, -0.2) is 4.79 Å². The van der Waals surface area contributed by atoms with Crippen LogP contribution in [0.2, 0.25) is 0 Å². The summed E-state index contributed by atoms with van der Waals surface area (Å²) in [7, 11) is 1.89. The lowest BCUT2D eigenvalue weighted by Crippen LogP contribution is -2.48. The topological polar surface area (TPSA) is 52.7 Å². The molecule has 1 aromatic carbocycles. The van der Waals surface area contributed by atoms with Gasteiger partial charge in [-0.1, -0.05) is 43.9 Å². The number of nitrogens with one attached hydrogen (secondary N) is 1. The van der Waals surface area contributed by atoms with Crippen LogP contribution in [0.3, 0.4) is 0 Å². The second-order valence-electron chi connectivity index (χ2n) is 6.95. The number of carbonyl (C=O) groups is 2. The molecule has 0 radical (unpaired) electrons. The van der Waals surface area contributed by atoms with E-state index in [2.05, 4.69) is 5.32 Å². The minimum absolute atomic E-state index is 0.0467. The summed E-state index contributed by atoms with van der Waals surface area (Å²) in [4.78, 5) is 28.4. The van der Waals surface area contributed by atoms with Gasteiger partial charge in [0.1, 0.15) is 0 Å². The van der Waals surface area contributed by atoms with Gasteiger partial charge in [0, 0.05) is 31.7 Å². The Morgan fingerprint density at radius 1 is 1.12 bits per heavy atom. The van der Waals surface area contributed by atoms with Crippen LogP contribution in [0, 0.1) is 0 Å². The summed E-state index contributed by atoms with van der Waals surface area (Å²) in [5.41, 5.74) is 0.899. The van der Waals surface area contributed by atoms with Gasteiger partial charge in [0.25, 0.3) is 0 Å². The Labute approximate surface area is 144 Å². The number of para-hydroxylation sites is 1. The van der Waals surface area contributed by atoms with E-state index in [4.69, 9.17) is 0 Å². The summed E-state index contributed by atoms with van der Waals surface area (Å²) in [6.07, 6.45) is 7.49. The molecule has 3 rings (SSSR count). The van der Waals surface area contributed by atoms with E-state index in [1.54, 1.807) is 4.90 Å². The molecular weight excluding hydrogens is 302 g/mol. The van der Waals surface area contributed by atoms with Crippen molar-refractivity contribution in [3.63, 3.8) is 0 Å². The third-order valence-corrected chi connectivity index (χ3v) is 5.21. The summed E-state index contributed by atoms with van der Waals surface area (Å²) in [5.74, 6) is 0.0728. The number of nitrogens with zero attached hydrogens (tertiary/aromatic N) is 2. The highest BCUT2D eigenvalue weighted by atomic mass is 16.2. The van der Waals surface area contributed by atoms with E-state index in [1.165, 1.54) is 25.7 Å². The molecule has 1 N–H and O–H groups in total. The second-order valence-corrected chi connectivity index (χ2v) is 6.95. The Morgan fingerprint density at radius 2 is 1.79 bits per heavy atom. The van der Waals surface area contributed by atoms with Crippen LogP contribution in [0.4, 0.5) is 10.5 Å². The van der Waals surface area contributed by atoms with E-state index in [-0.39, 0.29) is 18.0 Å². The molecule has 2 aliphatic rings. The summed E-state index contributed by atoms with van der Waals surface area (Å²) in [6, 6.07) is 9.82. The van der Waals surface area contributed by atoms with Crippen LogP contribution in [-0.4, -0.2) is 42.5 Å². The van der Waals surface area contributed by atoms with Crippen LogP contribution in [0.5, 0.6) is 0 Å². The van der Waals surface area contributed by atoms with Crippen LogP contribution < -0.4 is 10.2 Å². The van der Waals surface area contributed by atoms with Crippen molar-refractivity contribution in [2.45, 2.75) is 57.0 Å². The fourth-order valence-corrected chi connectivity index (χ4v) is 3.75. The zero-order valence-corrected chi connectivity index (χ0v) is 14.4. The molecule has 1 saturated heterocycles. The molecule has 1 heterocycles. The molecule has 3 amide bonds. The van der Waals surface area contributed by atoms with Gasteiger partial charge in [0.05, 0.1) is 6.04 Å². The summed E-state index contributed by atoms with van der Waals surface area (Å²) in [5, 5.41) is 3.05. The predicted octanol–water partition coefficient (Wildman–Crippen LogP) is 3.16. The summed E-state index contributed by atoms with van der Waals surface area (Å²) < 4.78 is 0. The van der Waals surface area contributed by atoms with Crippen molar-refractivity contribution in [1.82, 2.24) is 10.2 Å². The van der Waals surface area contributed by atoms with Crippen LogP contribution in [0.25, 0.3) is 0 Å². The Morgan fingerprint density at radius 3 is 2.46 bits per heavy atom. The molecular formula is C19H27N3O2. The van der Waals surface area contributed by atoms with Gasteiger partial charge in [-0.3, -0.25) is 4.79 Å². The smallest absolute Gasteiger partial charge is 0.317 e. The lowest BCUT2D eigenvalue weighted by Gasteiger charge is -2.28. The van der Waals surface area contributed by atoms with E-state index in [0.717, 1.165) is 18.5 Å². The quantitative estimate of drug-likeness (QED) is 0.866. The highest BCUT2D eigenvalue weighted by Crippen LogP contribution is 2.23. The molecule has 0 spiro atoms. The Balaban J connectivity index is 1.56. The number of carbonyl (C=O) groups excluding carboxylic acids is 2. The lowest BCUT2D eigenvalue weighted by molar-refractivity contribution is -0.117. The van der Waals surface area contributed by atoms with Crippen molar-refractivity contribution in [3.8, 4) is 0 Å². The number of hydrogen-bond donors (Lipinski definition) is 1. The van der Waals surface area contributed by atoms with Crippen LogP contribution in [-0.2, 0) is 4.79 Å². The molecule has 1 atom stereocenters. The fraction of sp³-hybridized carbons (Fsp3) is 0.579. The Bertz CT molecular complexity index is 567. The van der Waals surface area contributed by atoms with Gasteiger partial charge in [-0.15, -0.1) is 0 Å². The maximum absolute atomic E-state index is 12.5. The molecule has 1 saturated carbocycles. The number of anilines is 1. The molecule has 5 nitrogen and oxygen atoms in total. The SMILES string of the molecule is CN(C(=O)N[C@H]1CC(=O)N(c2ccccc2)C1)C1CCCCCC1. The number of benzene rings is 1. The Kier molecular flexibility index (Phi) is 5.38. The van der Waals surface area contributed by atoms with Crippen molar-refractivity contribution >= 4 is 17.6 Å². The standard InChI is InChI=1S/C19H27N3O2/c1-21(16-9-5-2-3-6-10-16)19(24)20-15-13-18(23)22(14-15)17-11-7-4-8-12-17/h4,7-8,11-12,15-16H,2-3,5-6,9-10,13-14H2,1H3,(H,20,24)/t15-/m0/s1. The number of amides is 3. The second kappa shape index (κ2) is 7.69. The highest BCUT2D eigenvalue weighted by Gasteiger charge is 2.32. The van der Waals surface area contributed by atoms with Gasteiger partial charge in [-0.2, -0.15) is 0 Å². The van der Waals surface area contributed by atoms with Crippen molar-refractivity contribution in [2.24, 2.45) is 0 Å². The highest BCUT2D eigenvalue weighted by molar-refractivity contribution is 5.96. The van der Waals surface area contributed by atoms with E-state index in [0.29, 0.717) is 19.0 Å². The van der Waals surface area contributed by atoms with Crippen molar-refractivity contribution in [3.05, 3.63) is 30.3 Å². The molecule has 24 heavy (non-hydrogen) atoms. The number of hydrogen-bond acceptors (Lipinski definition) is 2. The van der Waals surface area contributed by atoms with Crippen molar-refractivity contribution < 1.29 is 9.59 Å². The van der Waals surface area contributed by atoms with Crippen LogP contribution >= 0.6 is 0 Å². The molecule has 0 aromatic heterocycles. The third kappa shape index (κ3) is 3.89. The normalized spacial score (nSPS) is 22.3. The zero-order chi connectivity index (χ0) is 16.9. The largest absolute Gasteiger partial charge is 0.333 e. The maximum atomic E-state index is 12.5. The van der Waals surface area contributed by atoms with Gasteiger partial charge >= 0.3 is 6.03 Å². The minimum Gasteiger partial charge on any atom is -0.333 e. The summed E-state index contributed by atoms with van der Waals surface area (Å²) in [6.45, 7) is 0.549. The average molecular weight is 329 g/mol. The van der Waals surface area contributed by atoms with Crippen molar-refractivity contribution in [2.75, 3.05) is 18.5 Å². The molecule has 5 heteroatoms. The molecule has 1 aromatic rings. The Hall–Kier alpha value is -2.04. The number of urea groups is 1. The van der Waals surface area contributed by atoms with Crippen LogP contribution in [0.1, 0.15) is 44.9 Å². The molecule has 0 bridgehead atoms. The van der Waals surface area contributed by atoms with Gasteiger partial charge in [0.15, 0.2) is 0 Å². The first-order valence-corrected chi connectivity index (χ1v) is 9.04. The average Bonchev–Trinajstić information content (AvgIpc) is 2.79. The first-order chi connectivity index (χ1) is 11.6. The number of rotatable bonds is 3. The minimum atomic E-state index is -0.113. The lowest BCUT2D eigenvalue weighted by atomic mass is 10.1. The van der Waals surface area contributed by atoms with E-state index in [1.807, 2.05) is 42.3 Å². The van der Waals surface area contributed by atoms with Gasteiger partial charge in [0.2, 0.25) is 5.91 Å². The first kappa shape index (κ1) is 16.8. The molecule has 130 valence electrons. The van der Waals surface area contributed by atoms with E-state index in [9.17, 15) is 9.59 Å². The van der Waals surface area contributed by atoms with Crippen LogP contribution in [0.15, 0.2) is 30.3 Å². The molecule has 2 fully saturated rings. The van der Waals surface area contributed by atoms with Gasteiger partial charge < -0.3 is 15.1 Å². The molecule has 0 unspecified atom stereocenters. The van der Waals surface area contributed by atoms with E-state index >= 15 is 0 Å². The summed E-state index contributed by atoms with van der Waals surface area (Å²) >= 11 is 0. The monoisotopic (exact) mass is 329 g/mol. The molecule has 1 aliphatic heterocycles. The zero-order valence-electron chi connectivity index (χ0n) is 14.4. The van der Waals surface area contributed by atoms with Gasteiger partial charge in [-0.05, 0) is 25.0 Å². The maximum Gasteiger partial charge on any atom is 0.317 e. The first-order valence-electron chi connectivity index (χ1n) is 9.04. The van der Waals surface area contributed by atoms with E-state index < -0.39 is 0 Å². The fourth-order valence-electron chi connectivity index (χ4n) is 3.75. The third-order valence-electron chi connectivity index (χ3n) is 5.21. The van der Waals surface area contributed by atoms with Crippen molar-refractivity contribution in [1.29, 1.82) is 0 Å².